The number of carbonyl (C=O) groups is 2. The van der Waals surface area contributed by atoms with Crippen molar-refractivity contribution in [3.8, 4) is 5.75 Å². The summed E-state index contributed by atoms with van der Waals surface area (Å²) in [5.41, 5.74) is 1.16. The summed E-state index contributed by atoms with van der Waals surface area (Å²) >= 11 is 0. The van der Waals surface area contributed by atoms with Gasteiger partial charge in [-0.3, -0.25) is 9.59 Å². The quantitative estimate of drug-likeness (QED) is 0.815. The number of ether oxygens (including phenoxy) is 1. The molecule has 2 aliphatic heterocycles. The standard InChI is InChI=1S/C22H27N5O3/c1-15-6-8-26(9-7-15)22-23-12-16(13-24-22)21(29)25-17-10-20(28)27(14-17)18-4-3-5-19(11-18)30-2/h3-5,11-13,15,17H,6-10,14H2,1-2H3,(H,25,29)/t17-/m0/s1. The first kappa shape index (κ1) is 20.1. The van der Waals surface area contributed by atoms with E-state index in [0.717, 1.165) is 37.5 Å². The van der Waals surface area contributed by atoms with Crippen LogP contribution in [0.2, 0.25) is 0 Å². The van der Waals surface area contributed by atoms with Gasteiger partial charge in [-0.15, -0.1) is 0 Å². The number of benzene rings is 1. The molecule has 1 aromatic carbocycles. The Balaban J connectivity index is 1.36. The van der Waals surface area contributed by atoms with E-state index in [4.69, 9.17) is 4.74 Å². The second-order valence-corrected chi connectivity index (χ2v) is 8.02. The van der Waals surface area contributed by atoms with Gasteiger partial charge in [0.2, 0.25) is 11.9 Å². The molecule has 8 heteroatoms. The van der Waals surface area contributed by atoms with Crippen LogP contribution in [0.5, 0.6) is 5.75 Å². The lowest BCUT2D eigenvalue weighted by Gasteiger charge is -2.30. The summed E-state index contributed by atoms with van der Waals surface area (Å²) in [6.45, 7) is 4.56. The van der Waals surface area contributed by atoms with Crippen LogP contribution in [0.4, 0.5) is 11.6 Å². The molecule has 0 unspecified atom stereocenters. The molecule has 30 heavy (non-hydrogen) atoms. The van der Waals surface area contributed by atoms with Crippen LogP contribution in [0, 0.1) is 5.92 Å². The van der Waals surface area contributed by atoms with Gasteiger partial charge in [0.15, 0.2) is 0 Å². The molecule has 2 amide bonds. The summed E-state index contributed by atoms with van der Waals surface area (Å²) in [6.07, 6.45) is 5.64. The third-order valence-electron chi connectivity index (χ3n) is 5.79. The summed E-state index contributed by atoms with van der Waals surface area (Å²) in [4.78, 5) is 37.7. The summed E-state index contributed by atoms with van der Waals surface area (Å²) < 4.78 is 5.23. The van der Waals surface area contributed by atoms with Crippen molar-refractivity contribution >= 4 is 23.5 Å². The molecule has 2 aromatic rings. The van der Waals surface area contributed by atoms with Crippen molar-refractivity contribution in [1.29, 1.82) is 0 Å². The van der Waals surface area contributed by atoms with Crippen molar-refractivity contribution in [1.82, 2.24) is 15.3 Å². The molecule has 1 atom stereocenters. The number of nitrogens with one attached hydrogen (secondary N) is 1. The van der Waals surface area contributed by atoms with Crippen LogP contribution in [0.1, 0.15) is 36.5 Å². The average Bonchev–Trinajstić information content (AvgIpc) is 3.14. The fourth-order valence-electron chi connectivity index (χ4n) is 3.91. The molecule has 1 aromatic heterocycles. The van der Waals surface area contributed by atoms with E-state index in [9.17, 15) is 9.59 Å². The summed E-state index contributed by atoms with van der Waals surface area (Å²) in [5, 5.41) is 2.93. The Morgan fingerprint density at radius 2 is 1.93 bits per heavy atom. The first-order valence-corrected chi connectivity index (χ1v) is 10.4. The molecule has 158 valence electrons. The van der Waals surface area contributed by atoms with E-state index >= 15 is 0 Å². The molecular formula is C22H27N5O3. The van der Waals surface area contributed by atoms with E-state index < -0.39 is 0 Å². The maximum Gasteiger partial charge on any atom is 0.254 e. The SMILES string of the molecule is COc1cccc(N2C[C@@H](NC(=O)c3cnc(N4CCC(C)CC4)nc3)CC2=O)c1. The highest BCUT2D eigenvalue weighted by Gasteiger charge is 2.32. The fourth-order valence-corrected chi connectivity index (χ4v) is 3.91. The Labute approximate surface area is 176 Å². The second-order valence-electron chi connectivity index (χ2n) is 8.02. The monoisotopic (exact) mass is 409 g/mol. The van der Waals surface area contributed by atoms with Crippen LogP contribution in [0.25, 0.3) is 0 Å². The lowest BCUT2D eigenvalue weighted by molar-refractivity contribution is -0.117. The van der Waals surface area contributed by atoms with Crippen LogP contribution in [0.15, 0.2) is 36.7 Å². The van der Waals surface area contributed by atoms with Crippen molar-refractivity contribution in [3.05, 3.63) is 42.2 Å². The topological polar surface area (TPSA) is 87.7 Å². The molecule has 0 aliphatic carbocycles. The van der Waals surface area contributed by atoms with E-state index in [0.29, 0.717) is 23.8 Å². The van der Waals surface area contributed by atoms with E-state index in [-0.39, 0.29) is 24.3 Å². The molecule has 0 radical (unpaired) electrons. The van der Waals surface area contributed by atoms with Gasteiger partial charge in [-0.1, -0.05) is 13.0 Å². The number of hydrogen-bond acceptors (Lipinski definition) is 6. The fraction of sp³-hybridized carbons (Fsp3) is 0.455. The smallest absolute Gasteiger partial charge is 0.254 e. The van der Waals surface area contributed by atoms with Crippen LogP contribution < -0.4 is 19.9 Å². The van der Waals surface area contributed by atoms with Crippen LogP contribution in [-0.4, -0.2) is 54.6 Å². The van der Waals surface area contributed by atoms with Crippen molar-refractivity contribution in [2.75, 3.05) is 36.5 Å². The predicted octanol–water partition coefficient (Wildman–Crippen LogP) is 2.26. The van der Waals surface area contributed by atoms with Crippen molar-refractivity contribution in [3.63, 3.8) is 0 Å². The van der Waals surface area contributed by atoms with Gasteiger partial charge < -0.3 is 19.9 Å². The van der Waals surface area contributed by atoms with E-state index in [1.54, 1.807) is 24.4 Å². The number of amides is 2. The third kappa shape index (κ3) is 4.37. The minimum atomic E-state index is -0.265. The number of carbonyl (C=O) groups excluding carboxylic acids is 2. The van der Waals surface area contributed by atoms with E-state index in [1.807, 2.05) is 24.3 Å². The van der Waals surface area contributed by atoms with Gasteiger partial charge in [-0.05, 0) is 30.9 Å². The molecular weight excluding hydrogens is 382 g/mol. The Hall–Kier alpha value is -3.16. The molecule has 4 rings (SSSR count). The van der Waals surface area contributed by atoms with Crippen molar-refractivity contribution in [2.45, 2.75) is 32.2 Å². The molecule has 2 fully saturated rings. The van der Waals surface area contributed by atoms with Crippen molar-refractivity contribution < 1.29 is 14.3 Å². The van der Waals surface area contributed by atoms with Gasteiger partial charge in [0.05, 0.1) is 18.7 Å². The Kier molecular flexibility index (Phi) is 5.83. The largest absolute Gasteiger partial charge is 0.497 e. The molecule has 0 bridgehead atoms. The third-order valence-corrected chi connectivity index (χ3v) is 5.79. The Morgan fingerprint density at radius 1 is 1.20 bits per heavy atom. The molecule has 0 saturated carbocycles. The zero-order valence-corrected chi connectivity index (χ0v) is 17.4. The predicted molar refractivity (Wildman–Crippen MR) is 114 cm³/mol. The lowest BCUT2D eigenvalue weighted by Crippen LogP contribution is -2.37. The number of hydrogen-bond donors (Lipinski definition) is 1. The van der Waals surface area contributed by atoms with Crippen LogP contribution in [0.3, 0.4) is 0 Å². The molecule has 0 spiro atoms. The molecule has 2 saturated heterocycles. The summed E-state index contributed by atoms with van der Waals surface area (Å²) in [7, 11) is 1.59. The van der Waals surface area contributed by atoms with E-state index in [1.165, 1.54) is 0 Å². The van der Waals surface area contributed by atoms with Gasteiger partial charge in [0.1, 0.15) is 5.75 Å². The number of piperidine rings is 1. The van der Waals surface area contributed by atoms with Gasteiger partial charge in [-0.25, -0.2) is 9.97 Å². The number of methoxy groups -OCH3 is 1. The van der Waals surface area contributed by atoms with Gasteiger partial charge in [0, 0.05) is 50.2 Å². The lowest BCUT2D eigenvalue weighted by atomic mass is 10.00. The summed E-state index contributed by atoms with van der Waals surface area (Å²) in [6, 6.07) is 7.08. The molecule has 8 nitrogen and oxygen atoms in total. The highest BCUT2D eigenvalue weighted by atomic mass is 16.5. The highest BCUT2D eigenvalue weighted by molar-refractivity contribution is 5.98. The average molecular weight is 409 g/mol. The van der Waals surface area contributed by atoms with Crippen molar-refractivity contribution in [2.24, 2.45) is 5.92 Å². The Bertz CT molecular complexity index is 909. The minimum absolute atomic E-state index is 0.0283. The first-order chi connectivity index (χ1) is 14.5. The van der Waals surface area contributed by atoms with Crippen LogP contribution >= 0.6 is 0 Å². The molecule has 3 heterocycles. The van der Waals surface area contributed by atoms with Gasteiger partial charge >= 0.3 is 0 Å². The number of rotatable bonds is 5. The molecule has 2 aliphatic rings. The Morgan fingerprint density at radius 3 is 2.63 bits per heavy atom. The first-order valence-electron chi connectivity index (χ1n) is 10.4. The highest BCUT2D eigenvalue weighted by Crippen LogP contribution is 2.25. The molecule has 1 N–H and O–H groups in total. The maximum absolute atomic E-state index is 12.6. The van der Waals surface area contributed by atoms with Crippen LogP contribution in [-0.2, 0) is 4.79 Å². The van der Waals surface area contributed by atoms with Gasteiger partial charge in [0.25, 0.3) is 5.91 Å². The number of nitrogens with zero attached hydrogens (tertiary/aromatic N) is 4. The maximum atomic E-state index is 12.6. The zero-order valence-electron chi connectivity index (χ0n) is 17.4. The second kappa shape index (κ2) is 8.69. The van der Waals surface area contributed by atoms with E-state index in [2.05, 4.69) is 27.1 Å². The summed E-state index contributed by atoms with van der Waals surface area (Å²) in [5.74, 6) is 1.79. The minimum Gasteiger partial charge on any atom is -0.497 e. The number of aromatic nitrogens is 2. The normalized spacial score (nSPS) is 19.8. The zero-order chi connectivity index (χ0) is 21.1. The number of anilines is 2. The van der Waals surface area contributed by atoms with Gasteiger partial charge in [-0.2, -0.15) is 0 Å².